The molecule has 1 amide bonds. The molecule has 0 unspecified atom stereocenters. The van der Waals surface area contributed by atoms with Crippen LogP contribution < -0.4 is 10.1 Å². The molecule has 1 aliphatic heterocycles. The zero-order valence-corrected chi connectivity index (χ0v) is 13.1. The molecule has 0 radical (unpaired) electrons. The highest BCUT2D eigenvalue weighted by Crippen LogP contribution is 2.30. The summed E-state index contributed by atoms with van der Waals surface area (Å²) < 4.78 is 7.64. The molecule has 0 spiro atoms. The molecule has 0 saturated heterocycles. The molecule has 122 valence electrons. The van der Waals surface area contributed by atoms with Gasteiger partial charge in [0.05, 0.1) is 23.1 Å². The Morgan fingerprint density at radius 2 is 2.16 bits per heavy atom. The fourth-order valence-electron chi connectivity index (χ4n) is 3.04. The van der Waals surface area contributed by atoms with Crippen LogP contribution in [0.15, 0.2) is 55.0 Å². The van der Waals surface area contributed by atoms with Crippen molar-refractivity contribution in [2.24, 2.45) is 0 Å². The molecular formula is C18H13N5O2. The number of nitrogens with one attached hydrogen (secondary N) is 2. The van der Waals surface area contributed by atoms with Crippen molar-refractivity contribution in [1.29, 1.82) is 0 Å². The van der Waals surface area contributed by atoms with Gasteiger partial charge in [0, 0.05) is 11.1 Å². The molecule has 7 nitrogen and oxygen atoms in total. The summed E-state index contributed by atoms with van der Waals surface area (Å²) >= 11 is 0. The molecule has 0 aliphatic carbocycles. The van der Waals surface area contributed by atoms with Crippen LogP contribution in [0.3, 0.4) is 0 Å². The molecule has 2 aromatic carbocycles. The summed E-state index contributed by atoms with van der Waals surface area (Å²) in [6.07, 6.45) is 3.39. The van der Waals surface area contributed by atoms with Gasteiger partial charge < -0.3 is 10.1 Å². The Labute approximate surface area is 142 Å². The summed E-state index contributed by atoms with van der Waals surface area (Å²) in [5.74, 6) is 0.514. The number of benzene rings is 2. The Morgan fingerprint density at radius 1 is 1.24 bits per heavy atom. The van der Waals surface area contributed by atoms with E-state index >= 15 is 0 Å². The molecule has 2 N–H and O–H groups in total. The van der Waals surface area contributed by atoms with Crippen LogP contribution in [0.1, 0.15) is 16.2 Å². The molecule has 2 aromatic heterocycles. The van der Waals surface area contributed by atoms with E-state index in [4.69, 9.17) is 4.74 Å². The van der Waals surface area contributed by atoms with Crippen LogP contribution >= 0.6 is 0 Å². The summed E-state index contributed by atoms with van der Waals surface area (Å²) in [7, 11) is 0. The van der Waals surface area contributed by atoms with Crippen LogP contribution in [-0.2, 0) is 6.61 Å². The molecule has 5 rings (SSSR count). The van der Waals surface area contributed by atoms with Gasteiger partial charge in [-0.1, -0.05) is 12.1 Å². The maximum absolute atomic E-state index is 12.7. The number of aromatic nitrogens is 4. The number of carbonyl (C=O) groups is 1. The highest BCUT2D eigenvalue weighted by molar-refractivity contribution is 6.04. The number of H-pyrrole nitrogens is 1. The van der Waals surface area contributed by atoms with Crippen LogP contribution in [0.2, 0.25) is 0 Å². The van der Waals surface area contributed by atoms with Gasteiger partial charge in [-0.3, -0.25) is 14.5 Å². The lowest BCUT2D eigenvalue weighted by molar-refractivity contribution is 0.101. The topological polar surface area (TPSA) is 84.8 Å². The molecular weight excluding hydrogens is 318 g/mol. The van der Waals surface area contributed by atoms with Crippen molar-refractivity contribution in [1.82, 2.24) is 19.7 Å². The zero-order valence-electron chi connectivity index (χ0n) is 13.1. The maximum atomic E-state index is 12.7. The van der Waals surface area contributed by atoms with Gasteiger partial charge in [0.25, 0.3) is 5.91 Å². The van der Waals surface area contributed by atoms with Gasteiger partial charge in [0.15, 0.2) is 5.69 Å². The lowest BCUT2D eigenvalue weighted by Crippen LogP contribution is -2.19. The van der Waals surface area contributed by atoms with Crippen molar-refractivity contribution >= 4 is 22.5 Å². The number of fused-ring (bicyclic) bond motifs is 4. The molecule has 4 aromatic rings. The van der Waals surface area contributed by atoms with E-state index in [2.05, 4.69) is 20.5 Å². The molecule has 7 heteroatoms. The van der Waals surface area contributed by atoms with Crippen LogP contribution in [-0.4, -0.2) is 25.7 Å². The number of imidazole rings is 1. The van der Waals surface area contributed by atoms with Crippen molar-refractivity contribution in [2.45, 2.75) is 6.61 Å². The summed E-state index contributed by atoms with van der Waals surface area (Å²) in [5, 5.41) is 10.7. The van der Waals surface area contributed by atoms with Crippen molar-refractivity contribution in [3.63, 3.8) is 0 Å². The quantitative estimate of drug-likeness (QED) is 0.591. The number of hydrogen-bond donors (Lipinski definition) is 2. The van der Waals surface area contributed by atoms with Gasteiger partial charge >= 0.3 is 0 Å². The van der Waals surface area contributed by atoms with Crippen LogP contribution in [0, 0.1) is 0 Å². The van der Waals surface area contributed by atoms with E-state index in [1.54, 1.807) is 12.5 Å². The zero-order chi connectivity index (χ0) is 16.8. The maximum Gasteiger partial charge on any atom is 0.276 e. The first-order chi connectivity index (χ1) is 12.3. The first kappa shape index (κ1) is 13.8. The van der Waals surface area contributed by atoms with Gasteiger partial charge in [-0.05, 0) is 30.3 Å². The van der Waals surface area contributed by atoms with Gasteiger partial charge in [-0.2, -0.15) is 5.10 Å². The predicted molar refractivity (Wildman–Crippen MR) is 91.9 cm³/mol. The molecule has 25 heavy (non-hydrogen) atoms. The fraction of sp³-hybridized carbons (Fsp3) is 0.0556. The Kier molecular flexibility index (Phi) is 2.87. The van der Waals surface area contributed by atoms with Crippen LogP contribution in [0.25, 0.3) is 16.6 Å². The van der Waals surface area contributed by atoms with Crippen molar-refractivity contribution in [3.8, 4) is 11.4 Å². The minimum Gasteiger partial charge on any atom is -0.485 e. The second-order valence-corrected chi connectivity index (χ2v) is 5.79. The highest BCUT2D eigenvalue weighted by atomic mass is 16.5. The summed E-state index contributed by atoms with van der Waals surface area (Å²) in [5.41, 5.74) is 3.52. The number of ether oxygens (including phenoxy) is 1. The average Bonchev–Trinajstić information content (AvgIpc) is 3.28. The van der Waals surface area contributed by atoms with Crippen molar-refractivity contribution in [2.75, 3.05) is 5.32 Å². The minimum atomic E-state index is -0.268. The smallest absolute Gasteiger partial charge is 0.276 e. The minimum absolute atomic E-state index is 0.268. The Hall–Kier alpha value is -3.61. The van der Waals surface area contributed by atoms with E-state index in [-0.39, 0.29) is 5.91 Å². The first-order valence-corrected chi connectivity index (χ1v) is 7.82. The predicted octanol–water partition coefficient (Wildman–Crippen LogP) is 2.89. The van der Waals surface area contributed by atoms with Gasteiger partial charge in [0.1, 0.15) is 18.7 Å². The Balaban J connectivity index is 1.48. The summed E-state index contributed by atoms with van der Waals surface area (Å²) in [6.45, 7) is 0.305. The third-order valence-corrected chi connectivity index (χ3v) is 4.27. The van der Waals surface area contributed by atoms with Gasteiger partial charge in [-0.15, -0.1) is 0 Å². The SMILES string of the molecule is O=C(Nc1ccc2cn[nH]c2c1)c1ncn2c1COc1ccccc1-2. The lowest BCUT2D eigenvalue weighted by atomic mass is 10.2. The molecule has 0 bridgehead atoms. The van der Waals surface area contributed by atoms with Crippen molar-refractivity contribution in [3.05, 3.63) is 66.4 Å². The molecule has 0 saturated carbocycles. The summed E-state index contributed by atoms with van der Waals surface area (Å²) in [6, 6.07) is 13.3. The number of rotatable bonds is 2. The van der Waals surface area contributed by atoms with Crippen molar-refractivity contribution < 1.29 is 9.53 Å². The largest absolute Gasteiger partial charge is 0.485 e. The van der Waals surface area contributed by atoms with Gasteiger partial charge in [-0.25, -0.2) is 4.98 Å². The van der Waals surface area contributed by atoms with Gasteiger partial charge in [0.2, 0.25) is 0 Å². The normalized spacial score (nSPS) is 12.3. The average molecular weight is 331 g/mol. The number of para-hydroxylation sites is 2. The van der Waals surface area contributed by atoms with Crippen LogP contribution in [0.4, 0.5) is 5.69 Å². The highest BCUT2D eigenvalue weighted by Gasteiger charge is 2.24. The van der Waals surface area contributed by atoms with E-state index in [0.717, 1.165) is 28.0 Å². The first-order valence-electron chi connectivity index (χ1n) is 7.82. The van der Waals surface area contributed by atoms with E-state index in [1.165, 1.54) is 0 Å². The third-order valence-electron chi connectivity index (χ3n) is 4.27. The molecule has 0 fully saturated rings. The number of hydrogen-bond acceptors (Lipinski definition) is 4. The number of carbonyl (C=O) groups excluding carboxylic acids is 1. The molecule has 1 aliphatic rings. The Morgan fingerprint density at radius 3 is 3.12 bits per heavy atom. The number of aromatic amines is 1. The number of amides is 1. The lowest BCUT2D eigenvalue weighted by Gasteiger charge is -2.20. The van der Waals surface area contributed by atoms with E-state index in [0.29, 0.717) is 18.0 Å². The van der Waals surface area contributed by atoms with Crippen LogP contribution in [0.5, 0.6) is 5.75 Å². The fourth-order valence-corrected chi connectivity index (χ4v) is 3.04. The second-order valence-electron chi connectivity index (χ2n) is 5.79. The monoisotopic (exact) mass is 331 g/mol. The second kappa shape index (κ2) is 5.20. The standard InChI is InChI=1S/C18H13N5O2/c24-18(21-12-6-5-11-8-20-22-13(11)7-12)17-15-9-25-16-4-2-1-3-14(16)23(15)10-19-17/h1-8,10H,9H2,(H,20,22)(H,21,24). The van der Waals surface area contributed by atoms with E-state index < -0.39 is 0 Å². The Bertz CT molecular complexity index is 1110. The van der Waals surface area contributed by atoms with E-state index in [1.807, 2.05) is 47.0 Å². The number of nitrogens with zero attached hydrogens (tertiary/aromatic N) is 3. The number of anilines is 1. The molecule has 3 heterocycles. The van der Waals surface area contributed by atoms with E-state index in [9.17, 15) is 4.79 Å². The third kappa shape index (κ3) is 2.17. The summed E-state index contributed by atoms with van der Waals surface area (Å²) in [4.78, 5) is 17.0. The molecule has 0 atom stereocenters.